The third-order valence-corrected chi connectivity index (χ3v) is 4.78. The molecule has 4 rings (SSSR count). The Morgan fingerprint density at radius 3 is 1.11 bits per heavy atom. The van der Waals surface area contributed by atoms with Crippen LogP contribution >= 0.6 is 0 Å². The highest BCUT2D eigenvalue weighted by Crippen LogP contribution is 2.21. The first kappa shape index (κ1) is 17.9. The Kier molecular flexibility index (Phi) is 5.69. The Morgan fingerprint density at radius 1 is 0.393 bits per heavy atom. The molecule has 4 aromatic rings. The van der Waals surface area contributed by atoms with Gasteiger partial charge in [-0.3, -0.25) is 0 Å². The summed E-state index contributed by atoms with van der Waals surface area (Å²) in [7, 11) is 0. The molecule has 0 radical (unpaired) electrons. The van der Waals surface area contributed by atoms with Gasteiger partial charge in [0.1, 0.15) is 0 Å². The number of nitrogens with one attached hydrogen (secondary N) is 2. The van der Waals surface area contributed by atoms with Gasteiger partial charge in [0.05, 0.1) is 0 Å². The van der Waals surface area contributed by atoms with E-state index in [-0.39, 0.29) is 0 Å². The molecule has 0 aliphatic heterocycles. The zero-order chi connectivity index (χ0) is 19.0. The fraction of sp³-hybridized carbons (Fsp3) is 0.0769. The molecule has 0 heterocycles. The molecule has 0 fully saturated rings. The minimum atomic E-state index is 0.828. The van der Waals surface area contributed by atoms with Gasteiger partial charge in [-0.2, -0.15) is 0 Å². The second-order valence-corrected chi connectivity index (χ2v) is 6.83. The summed E-state index contributed by atoms with van der Waals surface area (Å²) in [4.78, 5) is 0. The second-order valence-electron chi connectivity index (χ2n) is 6.83. The van der Waals surface area contributed by atoms with E-state index in [0.29, 0.717) is 0 Å². The predicted molar refractivity (Wildman–Crippen MR) is 119 cm³/mol. The molecule has 2 nitrogen and oxygen atoms in total. The van der Waals surface area contributed by atoms with Crippen molar-refractivity contribution in [1.29, 1.82) is 0 Å². The Labute approximate surface area is 166 Å². The summed E-state index contributed by atoms with van der Waals surface area (Å²) in [5.41, 5.74) is 7.32. The molecule has 0 aromatic heterocycles. The van der Waals surface area contributed by atoms with E-state index in [9.17, 15) is 0 Å². The smallest absolute Gasteiger partial charge is 0.0400 e. The number of hydrogen-bond donors (Lipinski definition) is 2. The van der Waals surface area contributed by atoms with Crippen molar-refractivity contribution in [3.63, 3.8) is 0 Å². The zero-order valence-corrected chi connectivity index (χ0v) is 15.8. The van der Waals surface area contributed by atoms with Gasteiger partial charge in [0, 0.05) is 24.5 Å². The van der Waals surface area contributed by atoms with Crippen molar-refractivity contribution < 1.29 is 0 Å². The summed E-state index contributed by atoms with van der Waals surface area (Å²) in [5, 5.41) is 6.90. The number of hydrogen-bond acceptors (Lipinski definition) is 2. The van der Waals surface area contributed by atoms with Gasteiger partial charge in [0.2, 0.25) is 0 Å². The van der Waals surface area contributed by atoms with Crippen LogP contribution in [0, 0.1) is 0 Å². The summed E-state index contributed by atoms with van der Waals surface area (Å²) >= 11 is 0. The van der Waals surface area contributed by atoms with Crippen molar-refractivity contribution in [2.45, 2.75) is 13.1 Å². The molecule has 0 aliphatic rings. The second kappa shape index (κ2) is 8.92. The lowest BCUT2D eigenvalue weighted by atomic mass is 10.0. The molecule has 2 heteroatoms. The van der Waals surface area contributed by atoms with Gasteiger partial charge >= 0.3 is 0 Å². The highest BCUT2D eigenvalue weighted by atomic mass is 14.9. The molecule has 0 bridgehead atoms. The van der Waals surface area contributed by atoms with Crippen LogP contribution in [0.3, 0.4) is 0 Å². The highest BCUT2D eigenvalue weighted by Gasteiger charge is 2.00. The van der Waals surface area contributed by atoms with Crippen molar-refractivity contribution in [3.05, 3.63) is 120 Å². The van der Waals surface area contributed by atoms with Crippen LogP contribution in [0.4, 0.5) is 11.4 Å². The van der Waals surface area contributed by atoms with E-state index in [1.807, 2.05) is 36.4 Å². The molecular weight excluding hydrogens is 340 g/mol. The maximum absolute atomic E-state index is 3.45. The van der Waals surface area contributed by atoms with E-state index in [4.69, 9.17) is 0 Å². The van der Waals surface area contributed by atoms with Crippen LogP contribution in [0.15, 0.2) is 109 Å². The van der Waals surface area contributed by atoms with E-state index >= 15 is 0 Å². The van der Waals surface area contributed by atoms with Crippen molar-refractivity contribution in [1.82, 2.24) is 0 Å². The van der Waals surface area contributed by atoms with Gasteiger partial charge in [-0.1, -0.05) is 84.9 Å². The average molecular weight is 364 g/mol. The summed E-state index contributed by atoms with van der Waals surface area (Å²) in [6.45, 7) is 1.66. The minimum absolute atomic E-state index is 0.828. The van der Waals surface area contributed by atoms with Crippen LogP contribution in [0.2, 0.25) is 0 Å². The van der Waals surface area contributed by atoms with Crippen LogP contribution in [-0.2, 0) is 13.1 Å². The standard InChI is InChI=1S/C26H24N2/c1-3-7-25(8-4-1)27-19-21-11-15-23(16-12-21)24-17-13-22(14-18-24)20-28-26-9-5-2-6-10-26/h1-18,27-28H,19-20H2. The Morgan fingerprint density at radius 2 is 0.750 bits per heavy atom. The number of rotatable bonds is 7. The molecule has 2 N–H and O–H groups in total. The molecular formula is C26H24N2. The van der Waals surface area contributed by atoms with Crippen LogP contribution in [0.5, 0.6) is 0 Å². The first-order valence-electron chi connectivity index (χ1n) is 9.63. The third-order valence-electron chi connectivity index (χ3n) is 4.78. The zero-order valence-electron chi connectivity index (χ0n) is 15.8. The number of anilines is 2. The number of para-hydroxylation sites is 2. The molecule has 138 valence electrons. The topological polar surface area (TPSA) is 24.1 Å². The molecule has 0 atom stereocenters. The first-order valence-corrected chi connectivity index (χ1v) is 9.63. The Hall–Kier alpha value is -3.52. The molecule has 0 unspecified atom stereocenters. The Bertz CT molecular complexity index is 891. The molecule has 4 aromatic carbocycles. The largest absolute Gasteiger partial charge is 0.381 e. The summed E-state index contributed by atoms with van der Waals surface area (Å²) < 4.78 is 0. The van der Waals surface area contributed by atoms with Crippen molar-refractivity contribution >= 4 is 11.4 Å². The minimum Gasteiger partial charge on any atom is -0.381 e. The van der Waals surface area contributed by atoms with E-state index in [1.165, 1.54) is 22.3 Å². The van der Waals surface area contributed by atoms with E-state index < -0.39 is 0 Å². The highest BCUT2D eigenvalue weighted by molar-refractivity contribution is 5.64. The number of benzene rings is 4. The molecule has 0 amide bonds. The molecule has 0 aliphatic carbocycles. The SMILES string of the molecule is c1ccc(NCc2ccc(-c3ccc(CNc4ccccc4)cc3)cc2)cc1. The lowest BCUT2D eigenvalue weighted by molar-refractivity contribution is 1.15. The first-order chi connectivity index (χ1) is 13.9. The summed E-state index contributed by atoms with van der Waals surface area (Å²) in [6, 6.07) is 38.1. The molecule has 0 saturated heterocycles. The average Bonchev–Trinajstić information content (AvgIpc) is 2.78. The van der Waals surface area contributed by atoms with Crippen LogP contribution in [-0.4, -0.2) is 0 Å². The maximum atomic E-state index is 3.45. The lowest BCUT2D eigenvalue weighted by Gasteiger charge is -2.09. The van der Waals surface area contributed by atoms with Gasteiger partial charge in [-0.15, -0.1) is 0 Å². The quantitative estimate of drug-likeness (QED) is 0.387. The van der Waals surface area contributed by atoms with Crippen molar-refractivity contribution in [2.24, 2.45) is 0 Å². The van der Waals surface area contributed by atoms with Gasteiger partial charge in [0.15, 0.2) is 0 Å². The lowest BCUT2D eigenvalue weighted by Crippen LogP contribution is -1.99. The fourth-order valence-electron chi connectivity index (χ4n) is 3.15. The van der Waals surface area contributed by atoms with Crippen molar-refractivity contribution in [3.8, 4) is 11.1 Å². The van der Waals surface area contributed by atoms with Gasteiger partial charge in [-0.05, 0) is 46.5 Å². The van der Waals surface area contributed by atoms with E-state index in [1.54, 1.807) is 0 Å². The predicted octanol–water partition coefficient (Wildman–Crippen LogP) is 6.58. The van der Waals surface area contributed by atoms with Crippen LogP contribution in [0.1, 0.15) is 11.1 Å². The Balaban J connectivity index is 1.34. The summed E-state index contributed by atoms with van der Waals surface area (Å²) in [5.74, 6) is 0. The van der Waals surface area contributed by atoms with E-state index in [0.717, 1.165) is 24.5 Å². The van der Waals surface area contributed by atoms with Gasteiger partial charge < -0.3 is 10.6 Å². The molecule has 28 heavy (non-hydrogen) atoms. The monoisotopic (exact) mass is 364 g/mol. The van der Waals surface area contributed by atoms with E-state index in [2.05, 4.69) is 83.4 Å². The van der Waals surface area contributed by atoms with Crippen LogP contribution in [0.25, 0.3) is 11.1 Å². The summed E-state index contributed by atoms with van der Waals surface area (Å²) in [6.07, 6.45) is 0. The fourth-order valence-corrected chi connectivity index (χ4v) is 3.15. The molecule has 0 spiro atoms. The normalized spacial score (nSPS) is 10.4. The van der Waals surface area contributed by atoms with Crippen molar-refractivity contribution in [2.75, 3.05) is 10.6 Å². The van der Waals surface area contributed by atoms with Gasteiger partial charge in [0.25, 0.3) is 0 Å². The third kappa shape index (κ3) is 4.80. The molecule has 0 saturated carbocycles. The van der Waals surface area contributed by atoms with Crippen LogP contribution < -0.4 is 10.6 Å². The van der Waals surface area contributed by atoms with Gasteiger partial charge in [-0.25, -0.2) is 0 Å². The maximum Gasteiger partial charge on any atom is 0.0400 e.